The molecule has 236 valence electrons. The van der Waals surface area contributed by atoms with E-state index < -0.39 is 72.6 Å². The first-order valence-corrected chi connectivity index (χ1v) is 14.3. The van der Waals surface area contributed by atoms with Crippen LogP contribution < -0.4 is 4.90 Å². The maximum Gasteiger partial charge on any atom is 0.259 e. The lowest BCUT2D eigenvalue weighted by atomic mass is 9.91. The van der Waals surface area contributed by atoms with Crippen molar-refractivity contribution >= 4 is 33.9 Å². The van der Waals surface area contributed by atoms with Gasteiger partial charge in [-0.2, -0.15) is 0 Å². The highest BCUT2D eigenvalue weighted by molar-refractivity contribution is 9.10. The average molecular weight is 684 g/mol. The Morgan fingerprint density at radius 3 is 2.48 bits per heavy atom. The van der Waals surface area contributed by atoms with E-state index in [2.05, 4.69) is 26.2 Å². The lowest BCUT2D eigenvalue weighted by Crippen LogP contribution is -2.63. The number of benzene rings is 2. The van der Waals surface area contributed by atoms with Crippen molar-refractivity contribution in [2.24, 2.45) is 0 Å². The van der Waals surface area contributed by atoms with Gasteiger partial charge in [0.15, 0.2) is 23.6 Å². The molecule has 5 unspecified atom stereocenters. The number of ether oxygens (including phenoxy) is 2. The molecule has 0 bridgehead atoms. The monoisotopic (exact) mass is 683 g/mol. The van der Waals surface area contributed by atoms with E-state index in [-0.39, 0.29) is 24.3 Å². The molecule has 2 amide bonds. The zero-order valence-electron chi connectivity index (χ0n) is 23.4. The lowest BCUT2D eigenvalue weighted by molar-refractivity contribution is -0.211. The van der Waals surface area contributed by atoms with E-state index >= 15 is 0 Å². The number of aryl methyl sites for hydroxylation is 1. The van der Waals surface area contributed by atoms with Crippen LogP contribution in [-0.4, -0.2) is 111 Å². The van der Waals surface area contributed by atoms with E-state index in [1.165, 1.54) is 23.1 Å². The zero-order chi connectivity index (χ0) is 31.9. The number of nitrogens with zero attached hydrogens (tertiary/aromatic N) is 5. The van der Waals surface area contributed by atoms with Crippen molar-refractivity contribution in [2.45, 2.75) is 49.5 Å². The summed E-state index contributed by atoms with van der Waals surface area (Å²) in [5, 5.41) is 40.1. The number of methoxy groups -OCH3 is 1. The Bertz CT molecular complexity index is 1500. The summed E-state index contributed by atoms with van der Waals surface area (Å²) in [5.41, 5.74) is 0.948. The predicted molar refractivity (Wildman–Crippen MR) is 151 cm³/mol. The SMILES string of the molecule is COC1C(C(=O)N(c2cc(C)cc(Br)c2)[C@@H]2CN(C=O)C[C@H]2O)OC(CO)C(O)C1n1cc(-c2cc(F)c(F)c(F)c2)nn1. The molecule has 2 aliphatic heterocycles. The standard InChI is InChI=1S/C28H29BrF3N5O7/c1-13-3-15(29)7-16(4-13)37(20-9-35(12-39)10-21(20)40)28(42)27-26(43-2)24(25(41)22(11-38)44-27)36-8-19(33-34-36)14-5-17(30)23(32)18(31)6-14/h3-8,12,20-22,24-27,38,40-41H,9-11H2,1-2H3/t20-,21-,22?,24?,25?,26?,27?/m1/s1. The summed E-state index contributed by atoms with van der Waals surface area (Å²) in [6.45, 7) is 1.09. The van der Waals surface area contributed by atoms with Crippen LogP contribution in [0.5, 0.6) is 0 Å². The molecule has 3 N–H and O–H groups in total. The van der Waals surface area contributed by atoms with Gasteiger partial charge in [-0.15, -0.1) is 5.10 Å². The number of anilines is 1. The number of hydrogen-bond acceptors (Lipinski definition) is 9. The first-order chi connectivity index (χ1) is 21.0. The number of aromatic nitrogens is 3. The zero-order valence-corrected chi connectivity index (χ0v) is 25.0. The Balaban J connectivity index is 1.55. The normalized spacial score (nSPS) is 27.0. The Morgan fingerprint density at radius 1 is 1.18 bits per heavy atom. The molecular formula is C28H29BrF3N5O7. The van der Waals surface area contributed by atoms with Gasteiger partial charge in [-0.25, -0.2) is 17.9 Å². The van der Waals surface area contributed by atoms with Gasteiger partial charge in [-0.1, -0.05) is 21.1 Å². The Hall–Kier alpha value is -3.41. The van der Waals surface area contributed by atoms with Gasteiger partial charge in [0, 0.05) is 35.9 Å². The van der Waals surface area contributed by atoms with Crippen LogP contribution in [0.2, 0.25) is 0 Å². The molecule has 3 heterocycles. The smallest absolute Gasteiger partial charge is 0.259 e. The van der Waals surface area contributed by atoms with Crippen LogP contribution >= 0.6 is 15.9 Å². The van der Waals surface area contributed by atoms with E-state index in [1.807, 2.05) is 13.0 Å². The third-order valence-corrected chi connectivity index (χ3v) is 8.25. The predicted octanol–water partition coefficient (Wildman–Crippen LogP) is 1.34. The Morgan fingerprint density at radius 2 is 1.89 bits per heavy atom. The Kier molecular flexibility index (Phi) is 9.38. The highest BCUT2D eigenvalue weighted by atomic mass is 79.9. The number of β-amino-alcohol motifs (C(OH)–C–C–N with tert-alkyl or cyclic N) is 1. The van der Waals surface area contributed by atoms with Crippen LogP contribution in [0, 0.1) is 24.4 Å². The van der Waals surface area contributed by atoms with E-state index in [0.29, 0.717) is 16.6 Å². The molecule has 0 radical (unpaired) electrons. The molecule has 12 nitrogen and oxygen atoms in total. The lowest BCUT2D eigenvalue weighted by Gasteiger charge is -2.45. The number of aliphatic hydroxyl groups is 3. The summed E-state index contributed by atoms with van der Waals surface area (Å²) in [7, 11) is 1.27. The maximum atomic E-state index is 14.5. The summed E-state index contributed by atoms with van der Waals surface area (Å²) in [5.74, 6) is -5.23. The third kappa shape index (κ3) is 5.97. The number of halogens is 4. The number of rotatable bonds is 8. The number of carbonyl (C=O) groups excluding carboxylic acids is 2. The molecule has 2 saturated heterocycles. The Labute approximate surface area is 257 Å². The van der Waals surface area contributed by atoms with Crippen molar-refractivity contribution in [3.63, 3.8) is 0 Å². The molecule has 7 atom stereocenters. The molecule has 0 aliphatic carbocycles. The molecule has 2 aromatic carbocycles. The first kappa shape index (κ1) is 32.0. The molecule has 3 aromatic rings. The minimum absolute atomic E-state index is 0.0129. The fraction of sp³-hybridized carbons (Fsp3) is 0.429. The van der Waals surface area contributed by atoms with Crippen molar-refractivity contribution < 1.29 is 47.6 Å². The van der Waals surface area contributed by atoms with Crippen molar-refractivity contribution in [2.75, 3.05) is 31.7 Å². The highest BCUT2D eigenvalue weighted by Gasteiger charge is 2.52. The van der Waals surface area contributed by atoms with Crippen molar-refractivity contribution in [3.8, 4) is 11.3 Å². The summed E-state index contributed by atoms with van der Waals surface area (Å²) in [6.07, 6.45) is -4.90. The van der Waals surface area contributed by atoms with Crippen LogP contribution in [0.4, 0.5) is 18.9 Å². The summed E-state index contributed by atoms with van der Waals surface area (Å²) < 4.78 is 54.7. The second-order valence-corrected chi connectivity index (χ2v) is 11.6. The quantitative estimate of drug-likeness (QED) is 0.236. The van der Waals surface area contributed by atoms with Crippen molar-refractivity contribution in [1.29, 1.82) is 0 Å². The first-order valence-electron chi connectivity index (χ1n) is 13.5. The van der Waals surface area contributed by atoms with Gasteiger partial charge in [0.1, 0.15) is 30.0 Å². The average Bonchev–Trinajstić information content (AvgIpc) is 3.62. The van der Waals surface area contributed by atoms with Crippen LogP contribution in [-0.2, 0) is 19.1 Å². The number of amides is 2. The van der Waals surface area contributed by atoms with Gasteiger partial charge >= 0.3 is 0 Å². The van der Waals surface area contributed by atoms with Crippen LogP contribution in [0.25, 0.3) is 11.3 Å². The maximum absolute atomic E-state index is 14.5. The number of hydrogen-bond donors (Lipinski definition) is 3. The molecule has 1 aromatic heterocycles. The van der Waals surface area contributed by atoms with Gasteiger partial charge in [0.25, 0.3) is 5.91 Å². The van der Waals surface area contributed by atoms with Crippen molar-refractivity contribution in [3.05, 3.63) is 64.0 Å². The molecular weight excluding hydrogens is 655 g/mol. The number of likely N-dealkylation sites (tertiary alicyclic amines) is 1. The highest BCUT2D eigenvalue weighted by Crippen LogP contribution is 2.36. The second-order valence-electron chi connectivity index (χ2n) is 10.7. The minimum atomic E-state index is -1.65. The van der Waals surface area contributed by atoms with Gasteiger partial charge in [0.05, 0.1) is 24.9 Å². The molecule has 2 fully saturated rings. The van der Waals surface area contributed by atoms with E-state index in [1.54, 1.807) is 12.1 Å². The largest absolute Gasteiger partial charge is 0.394 e. The van der Waals surface area contributed by atoms with Gasteiger partial charge in [0.2, 0.25) is 6.41 Å². The molecule has 44 heavy (non-hydrogen) atoms. The van der Waals surface area contributed by atoms with Gasteiger partial charge in [-0.3, -0.25) is 9.59 Å². The molecule has 5 rings (SSSR count). The van der Waals surface area contributed by atoms with Gasteiger partial charge in [-0.05, 0) is 42.8 Å². The molecule has 0 saturated carbocycles. The second kappa shape index (κ2) is 12.9. The van der Waals surface area contributed by atoms with E-state index in [4.69, 9.17) is 9.47 Å². The summed E-state index contributed by atoms with van der Waals surface area (Å²) >= 11 is 3.43. The van der Waals surface area contributed by atoms with E-state index in [0.717, 1.165) is 22.4 Å². The topological polar surface area (TPSA) is 150 Å². The molecule has 16 heteroatoms. The molecule has 2 aliphatic rings. The fourth-order valence-electron chi connectivity index (χ4n) is 5.73. The molecule has 0 spiro atoms. The fourth-order valence-corrected chi connectivity index (χ4v) is 6.33. The number of aliphatic hydroxyl groups excluding tert-OH is 3. The summed E-state index contributed by atoms with van der Waals surface area (Å²) in [4.78, 5) is 28.6. The minimum Gasteiger partial charge on any atom is -0.394 e. The summed E-state index contributed by atoms with van der Waals surface area (Å²) in [6, 6.07) is 4.55. The van der Waals surface area contributed by atoms with Crippen LogP contribution in [0.1, 0.15) is 11.6 Å². The van der Waals surface area contributed by atoms with Crippen molar-refractivity contribution in [1.82, 2.24) is 19.9 Å². The third-order valence-electron chi connectivity index (χ3n) is 7.79. The number of carbonyl (C=O) groups is 2. The van der Waals surface area contributed by atoms with Crippen LogP contribution in [0.15, 0.2) is 41.0 Å². The van der Waals surface area contributed by atoms with E-state index in [9.17, 15) is 38.1 Å². The van der Waals surface area contributed by atoms with Gasteiger partial charge < -0.3 is 34.6 Å². The van der Waals surface area contributed by atoms with Crippen LogP contribution in [0.3, 0.4) is 0 Å².